The predicted octanol–water partition coefficient (Wildman–Crippen LogP) is 9.75. The zero-order chi connectivity index (χ0) is 40.5. The number of ether oxygens (including phenoxy) is 2. The van der Waals surface area contributed by atoms with Crippen molar-refractivity contribution in [3.8, 4) is 0 Å². The first-order valence-corrected chi connectivity index (χ1v) is 21.2. The lowest BCUT2D eigenvalue weighted by Gasteiger charge is -2.72. The second kappa shape index (κ2) is 14.6. The molecule has 9 atom stereocenters. The van der Waals surface area contributed by atoms with E-state index in [0.29, 0.717) is 36.4 Å². The maximum atomic E-state index is 14.3. The van der Waals surface area contributed by atoms with Crippen molar-refractivity contribution in [3.63, 3.8) is 0 Å². The van der Waals surface area contributed by atoms with E-state index in [1.54, 1.807) is 13.8 Å². The lowest BCUT2D eigenvalue weighted by atomic mass is 9.33. The Kier molecular flexibility index (Phi) is 11.1. The van der Waals surface area contributed by atoms with E-state index in [1.807, 2.05) is 24.3 Å². The van der Waals surface area contributed by atoms with Crippen LogP contribution in [0.1, 0.15) is 139 Å². The van der Waals surface area contributed by atoms with Crippen molar-refractivity contribution in [2.75, 3.05) is 6.54 Å². The summed E-state index contributed by atoms with van der Waals surface area (Å²) >= 11 is 6.29. The number of esters is 2. The number of hydrogen-bond donors (Lipinski definition) is 2. The lowest BCUT2D eigenvalue weighted by molar-refractivity contribution is -0.235. The highest BCUT2D eigenvalue weighted by molar-refractivity contribution is 6.30. The van der Waals surface area contributed by atoms with Crippen LogP contribution in [0.2, 0.25) is 5.02 Å². The molecule has 0 aliphatic heterocycles. The molecule has 0 aromatic heterocycles. The van der Waals surface area contributed by atoms with E-state index in [-0.39, 0.29) is 57.8 Å². The maximum Gasteiger partial charge on any atom is 0.309 e. The molecule has 55 heavy (non-hydrogen) atoms. The third-order valence-electron chi connectivity index (χ3n) is 16.3. The number of carbonyl (C=O) groups excluding carboxylic acids is 3. The number of aliphatic carboxylic acids is 1. The van der Waals surface area contributed by atoms with Gasteiger partial charge in [0, 0.05) is 42.3 Å². The molecule has 2 N–H and O–H groups in total. The number of carbonyl (C=O) groups is 4. The van der Waals surface area contributed by atoms with E-state index in [0.717, 1.165) is 62.5 Å². The van der Waals surface area contributed by atoms with Crippen LogP contribution in [0.3, 0.4) is 0 Å². The quantitative estimate of drug-likeness (QED) is 0.213. The van der Waals surface area contributed by atoms with Gasteiger partial charge in [0.1, 0.15) is 12.2 Å². The van der Waals surface area contributed by atoms with Gasteiger partial charge < -0.3 is 19.9 Å². The van der Waals surface area contributed by atoms with Crippen molar-refractivity contribution in [2.24, 2.45) is 56.2 Å². The van der Waals surface area contributed by atoms with Gasteiger partial charge in [-0.05, 0) is 134 Å². The smallest absolute Gasteiger partial charge is 0.309 e. The molecule has 0 unspecified atom stereocenters. The van der Waals surface area contributed by atoms with Gasteiger partial charge in [-0.25, -0.2) is 0 Å². The van der Waals surface area contributed by atoms with Crippen molar-refractivity contribution in [3.05, 3.63) is 46.0 Å². The van der Waals surface area contributed by atoms with Crippen molar-refractivity contribution in [1.29, 1.82) is 0 Å². The summed E-state index contributed by atoms with van der Waals surface area (Å²) in [6, 6.07) is 7.77. The number of halogens is 1. The molecular formula is C46H66ClNO7. The monoisotopic (exact) mass is 779 g/mol. The highest BCUT2D eigenvalue weighted by atomic mass is 35.5. The summed E-state index contributed by atoms with van der Waals surface area (Å²) in [5.74, 6) is -0.454. The van der Waals surface area contributed by atoms with Crippen molar-refractivity contribution in [1.82, 2.24) is 5.32 Å². The number of benzene rings is 1. The molecule has 6 rings (SSSR count). The number of Topliss-reactive ketones (excluding diaryl/α,β-unsaturated/α-hetero) is 1. The minimum absolute atomic E-state index is 0.0148. The molecule has 5 aliphatic carbocycles. The Morgan fingerprint density at radius 1 is 0.964 bits per heavy atom. The summed E-state index contributed by atoms with van der Waals surface area (Å²) in [4.78, 5) is 52.0. The molecule has 0 saturated heterocycles. The fourth-order valence-corrected chi connectivity index (χ4v) is 13.7. The van der Waals surface area contributed by atoms with E-state index in [1.165, 1.54) is 12.5 Å². The lowest BCUT2D eigenvalue weighted by Crippen LogP contribution is -2.66. The van der Waals surface area contributed by atoms with Gasteiger partial charge in [-0.15, -0.1) is 0 Å². The van der Waals surface area contributed by atoms with Crippen molar-refractivity contribution < 1.29 is 33.8 Å². The largest absolute Gasteiger partial charge is 0.481 e. The molecule has 0 spiro atoms. The average Bonchev–Trinajstić information content (AvgIpc) is 3.38. The van der Waals surface area contributed by atoms with Gasteiger partial charge in [-0.2, -0.15) is 0 Å². The van der Waals surface area contributed by atoms with E-state index in [4.69, 9.17) is 21.1 Å². The van der Waals surface area contributed by atoms with Gasteiger partial charge in [-0.1, -0.05) is 72.2 Å². The second-order valence-corrected chi connectivity index (χ2v) is 20.9. The number of hydrogen-bond acceptors (Lipinski definition) is 7. The number of carboxylic acid groups (broad SMARTS) is 1. The number of fused-ring (bicyclic) bond motifs is 7. The Balaban J connectivity index is 1.30. The summed E-state index contributed by atoms with van der Waals surface area (Å²) in [7, 11) is 0. The van der Waals surface area contributed by atoms with Crippen LogP contribution in [0.5, 0.6) is 0 Å². The zero-order valence-electron chi connectivity index (χ0n) is 35.0. The topological polar surface area (TPSA) is 119 Å². The molecule has 304 valence electrons. The molecule has 1 aromatic rings. The van der Waals surface area contributed by atoms with Crippen LogP contribution >= 0.6 is 11.6 Å². The molecule has 0 bridgehead atoms. The Labute approximate surface area is 334 Å². The first kappa shape index (κ1) is 41.9. The summed E-state index contributed by atoms with van der Waals surface area (Å²) in [6.07, 6.45) is 7.12. The van der Waals surface area contributed by atoms with Crippen LogP contribution in [-0.4, -0.2) is 47.6 Å². The molecule has 1 aromatic carbocycles. The number of nitrogens with one attached hydrogen (secondary N) is 1. The minimum Gasteiger partial charge on any atom is -0.481 e. The number of allylic oxidation sites excluding steroid dienone is 1. The SMILES string of the molecule is CC(=O)O[C@@H](CNCc1cccc(Cl)c1)[C@]12CC[C@]3(C)[C@H](CC[C@@H]4[C@@]5(C)CC[C@H](OC(=O)CC(C)(C)C(=O)O)C(C)(C)[C@@H]5CC[C@]43C)C1=C(C(C)C)C(=O)C2. The summed E-state index contributed by atoms with van der Waals surface area (Å²) in [5, 5.41) is 13.9. The fraction of sp³-hybridized carbons (Fsp3) is 0.739. The maximum absolute atomic E-state index is 14.3. The summed E-state index contributed by atoms with van der Waals surface area (Å²) in [5.41, 5.74) is 1.31. The second-order valence-electron chi connectivity index (χ2n) is 20.4. The van der Waals surface area contributed by atoms with Crippen LogP contribution in [0.15, 0.2) is 35.4 Å². The van der Waals surface area contributed by atoms with Crippen molar-refractivity contribution >= 4 is 35.3 Å². The third-order valence-corrected chi connectivity index (χ3v) is 16.6. The molecular weight excluding hydrogens is 714 g/mol. The normalized spacial score (nSPS) is 36.0. The van der Waals surface area contributed by atoms with E-state index < -0.39 is 28.9 Å². The molecule has 0 radical (unpaired) electrons. The van der Waals surface area contributed by atoms with E-state index in [2.05, 4.69) is 53.8 Å². The van der Waals surface area contributed by atoms with Gasteiger partial charge in [-0.3, -0.25) is 19.2 Å². The van der Waals surface area contributed by atoms with Gasteiger partial charge in [0.2, 0.25) is 0 Å². The third kappa shape index (κ3) is 6.91. The van der Waals surface area contributed by atoms with Crippen LogP contribution in [0.4, 0.5) is 0 Å². The average molecular weight is 780 g/mol. The minimum atomic E-state index is -1.18. The van der Waals surface area contributed by atoms with Gasteiger partial charge >= 0.3 is 17.9 Å². The fourth-order valence-electron chi connectivity index (χ4n) is 13.4. The molecule has 0 amide bonds. The number of rotatable bonds is 11. The number of ketones is 1. The Morgan fingerprint density at radius 2 is 1.67 bits per heavy atom. The highest BCUT2D eigenvalue weighted by Crippen LogP contribution is 2.77. The van der Waals surface area contributed by atoms with E-state index in [9.17, 15) is 24.3 Å². The summed E-state index contributed by atoms with van der Waals surface area (Å²) < 4.78 is 12.5. The van der Waals surface area contributed by atoms with Crippen LogP contribution < -0.4 is 5.32 Å². The standard InChI is InChI=1S/C46H66ClNO7/c1-27(2)38-32(50)23-46(36(54-28(3)49)26-48-25-29-12-11-13-30(47)22-29)21-20-44(9)31(39(38)46)14-15-34-43(8)18-17-35(55-37(51)24-41(4,5)40(52)53)42(6,7)33(43)16-19-45(34,44)10/h11-13,22,27,31,33-36,48H,14-21,23-26H2,1-10H3,(H,52,53)/t31-,33+,34-,35+,36+,43+,44-,45-,46-/m1/s1. The Bertz CT molecular complexity index is 1750. The molecule has 4 saturated carbocycles. The zero-order valence-corrected chi connectivity index (χ0v) is 35.8. The Hall–Kier alpha value is -2.71. The van der Waals surface area contributed by atoms with Crippen LogP contribution in [0, 0.1) is 56.2 Å². The first-order chi connectivity index (χ1) is 25.5. The highest BCUT2D eigenvalue weighted by Gasteiger charge is 2.71. The molecule has 9 heteroatoms. The van der Waals surface area contributed by atoms with Crippen LogP contribution in [0.25, 0.3) is 0 Å². The number of carboxylic acids is 1. The first-order valence-electron chi connectivity index (χ1n) is 20.9. The van der Waals surface area contributed by atoms with Gasteiger partial charge in [0.15, 0.2) is 5.78 Å². The van der Waals surface area contributed by atoms with E-state index >= 15 is 0 Å². The molecule has 8 nitrogen and oxygen atoms in total. The molecule has 0 heterocycles. The molecule has 4 fully saturated rings. The van der Waals surface area contributed by atoms with Gasteiger partial charge in [0.05, 0.1) is 11.8 Å². The summed E-state index contributed by atoms with van der Waals surface area (Å²) in [6.45, 7) is 22.1. The predicted molar refractivity (Wildman–Crippen MR) is 214 cm³/mol. The van der Waals surface area contributed by atoms with Crippen molar-refractivity contribution in [2.45, 2.75) is 152 Å². The van der Waals surface area contributed by atoms with Crippen LogP contribution in [-0.2, 0) is 35.2 Å². The molecule has 5 aliphatic rings. The van der Waals surface area contributed by atoms with Gasteiger partial charge in [0.25, 0.3) is 0 Å². The Morgan fingerprint density at radius 3 is 2.31 bits per heavy atom.